The Kier molecular flexibility index (Phi) is 10.3. The number of esters is 1. The van der Waals surface area contributed by atoms with Gasteiger partial charge in [-0.05, 0) is 25.5 Å². The Morgan fingerprint density at radius 1 is 1.00 bits per heavy atom. The standard InChI is InChI=1S/C24H31N3O9/c1-2-36-20(29)8-10-33-12-14-35-15-13-34-11-9-25-17-5-3-4-16-21(17)24(32)27(23(16)31)18-6-7-19(28)26-22(18)30/h3-5,18,25H,2,6-15H2,1H3,(H,26,28,30). The first-order chi connectivity index (χ1) is 17.4. The second-order valence-electron chi connectivity index (χ2n) is 7.99. The molecule has 1 fully saturated rings. The van der Waals surface area contributed by atoms with Crippen molar-refractivity contribution in [2.75, 3.05) is 58.1 Å². The molecule has 0 radical (unpaired) electrons. The van der Waals surface area contributed by atoms with Gasteiger partial charge in [-0.25, -0.2) is 0 Å². The number of ether oxygens (including phenoxy) is 4. The SMILES string of the molecule is CCOC(=O)CCOCCOCCOCCNc1cccc2c1C(=O)N(C1CCC(=O)NC1=O)C2=O. The fourth-order valence-electron chi connectivity index (χ4n) is 3.85. The third-order valence-electron chi connectivity index (χ3n) is 5.53. The van der Waals surface area contributed by atoms with Crippen molar-refractivity contribution in [2.24, 2.45) is 0 Å². The number of piperidine rings is 1. The van der Waals surface area contributed by atoms with Gasteiger partial charge in [0.25, 0.3) is 11.8 Å². The molecule has 0 bridgehead atoms. The van der Waals surface area contributed by atoms with Gasteiger partial charge < -0.3 is 24.3 Å². The Labute approximate surface area is 208 Å². The molecule has 0 saturated carbocycles. The topological polar surface area (TPSA) is 150 Å². The number of hydrogen-bond acceptors (Lipinski definition) is 10. The molecule has 1 saturated heterocycles. The number of benzene rings is 1. The largest absolute Gasteiger partial charge is 0.466 e. The zero-order valence-electron chi connectivity index (χ0n) is 20.2. The Bertz CT molecular complexity index is 982. The van der Waals surface area contributed by atoms with Gasteiger partial charge in [0.1, 0.15) is 6.04 Å². The number of nitrogens with one attached hydrogen (secondary N) is 2. The highest BCUT2D eigenvalue weighted by Gasteiger charge is 2.45. The van der Waals surface area contributed by atoms with E-state index in [1.165, 1.54) is 0 Å². The van der Waals surface area contributed by atoms with Crippen LogP contribution in [-0.4, -0.2) is 93.3 Å². The van der Waals surface area contributed by atoms with Crippen molar-refractivity contribution >= 4 is 35.3 Å². The van der Waals surface area contributed by atoms with E-state index < -0.39 is 29.7 Å². The summed E-state index contributed by atoms with van der Waals surface area (Å²) in [6, 6.07) is 3.88. The lowest BCUT2D eigenvalue weighted by molar-refractivity contribution is -0.144. The van der Waals surface area contributed by atoms with Crippen LogP contribution in [0.15, 0.2) is 18.2 Å². The van der Waals surface area contributed by atoms with E-state index >= 15 is 0 Å². The molecular weight excluding hydrogens is 474 g/mol. The molecule has 1 aromatic rings. The average Bonchev–Trinajstić information content (AvgIpc) is 3.10. The molecule has 2 aliphatic heterocycles. The molecule has 1 atom stereocenters. The van der Waals surface area contributed by atoms with Crippen molar-refractivity contribution in [1.29, 1.82) is 0 Å². The van der Waals surface area contributed by atoms with Crippen molar-refractivity contribution in [3.8, 4) is 0 Å². The molecule has 0 aromatic heterocycles. The molecule has 2 heterocycles. The Hall–Kier alpha value is -3.35. The van der Waals surface area contributed by atoms with Crippen LogP contribution in [0, 0.1) is 0 Å². The summed E-state index contributed by atoms with van der Waals surface area (Å²) in [5.41, 5.74) is 0.896. The van der Waals surface area contributed by atoms with Gasteiger partial charge in [-0.1, -0.05) is 6.07 Å². The number of carbonyl (C=O) groups is 5. The first-order valence-corrected chi connectivity index (χ1v) is 11.9. The van der Waals surface area contributed by atoms with E-state index in [0.717, 1.165) is 4.90 Å². The second kappa shape index (κ2) is 13.7. The van der Waals surface area contributed by atoms with E-state index in [0.29, 0.717) is 51.9 Å². The molecule has 196 valence electrons. The van der Waals surface area contributed by atoms with Crippen LogP contribution in [0.3, 0.4) is 0 Å². The molecule has 1 unspecified atom stereocenters. The van der Waals surface area contributed by atoms with Gasteiger partial charge in [0.2, 0.25) is 11.8 Å². The summed E-state index contributed by atoms with van der Waals surface area (Å²) in [5, 5.41) is 5.29. The minimum atomic E-state index is -1.01. The van der Waals surface area contributed by atoms with Crippen molar-refractivity contribution in [2.45, 2.75) is 32.2 Å². The molecule has 3 rings (SSSR count). The molecule has 12 heteroatoms. The molecule has 2 aliphatic rings. The van der Waals surface area contributed by atoms with Gasteiger partial charge in [0.15, 0.2) is 0 Å². The Morgan fingerprint density at radius 3 is 2.39 bits per heavy atom. The fraction of sp³-hybridized carbons (Fsp3) is 0.542. The fourth-order valence-corrected chi connectivity index (χ4v) is 3.85. The van der Waals surface area contributed by atoms with Gasteiger partial charge in [0, 0.05) is 18.7 Å². The summed E-state index contributed by atoms with van der Waals surface area (Å²) >= 11 is 0. The van der Waals surface area contributed by atoms with E-state index in [1.54, 1.807) is 25.1 Å². The predicted octanol–water partition coefficient (Wildman–Crippen LogP) is 0.503. The molecule has 2 N–H and O–H groups in total. The normalized spacial score (nSPS) is 17.2. The maximum atomic E-state index is 13.0. The maximum absolute atomic E-state index is 13.0. The van der Waals surface area contributed by atoms with Gasteiger partial charge >= 0.3 is 5.97 Å². The van der Waals surface area contributed by atoms with Crippen molar-refractivity contribution in [3.63, 3.8) is 0 Å². The number of amides is 4. The summed E-state index contributed by atoms with van der Waals surface area (Å²) in [4.78, 5) is 61.6. The first kappa shape index (κ1) is 27.2. The van der Waals surface area contributed by atoms with Crippen molar-refractivity contribution in [3.05, 3.63) is 29.3 Å². The molecular formula is C24H31N3O9. The van der Waals surface area contributed by atoms with Crippen molar-refractivity contribution in [1.82, 2.24) is 10.2 Å². The summed E-state index contributed by atoms with van der Waals surface area (Å²) in [6.07, 6.45) is 0.385. The van der Waals surface area contributed by atoms with E-state index in [9.17, 15) is 24.0 Å². The second-order valence-corrected chi connectivity index (χ2v) is 7.99. The van der Waals surface area contributed by atoms with Crippen LogP contribution >= 0.6 is 0 Å². The van der Waals surface area contributed by atoms with E-state index in [1.807, 2.05) is 0 Å². The first-order valence-electron chi connectivity index (χ1n) is 11.9. The van der Waals surface area contributed by atoms with E-state index in [2.05, 4.69) is 10.6 Å². The van der Waals surface area contributed by atoms with Gasteiger partial charge in [-0.2, -0.15) is 0 Å². The minimum Gasteiger partial charge on any atom is -0.466 e. The molecule has 0 spiro atoms. The van der Waals surface area contributed by atoms with Crippen LogP contribution in [0.2, 0.25) is 0 Å². The Morgan fingerprint density at radius 2 is 1.69 bits per heavy atom. The number of rotatable bonds is 15. The monoisotopic (exact) mass is 505 g/mol. The molecule has 1 aromatic carbocycles. The lowest BCUT2D eigenvalue weighted by Crippen LogP contribution is -2.54. The highest BCUT2D eigenvalue weighted by atomic mass is 16.5. The quantitative estimate of drug-likeness (QED) is 0.196. The van der Waals surface area contributed by atoms with E-state index in [4.69, 9.17) is 18.9 Å². The van der Waals surface area contributed by atoms with Crippen LogP contribution in [0.25, 0.3) is 0 Å². The lowest BCUT2D eigenvalue weighted by atomic mass is 10.0. The minimum absolute atomic E-state index is 0.0679. The third-order valence-corrected chi connectivity index (χ3v) is 5.53. The van der Waals surface area contributed by atoms with Gasteiger partial charge in [0.05, 0.1) is 63.8 Å². The summed E-state index contributed by atoms with van der Waals surface area (Å²) in [7, 11) is 0. The predicted molar refractivity (Wildman–Crippen MR) is 125 cm³/mol. The maximum Gasteiger partial charge on any atom is 0.308 e. The molecule has 36 heavy (non-hydrogen) atoms. The summed E-state index contributed by atoms with van der Waals surface area (Å²) in [5.74, 6) is -2.46. The van der Waals surface area contributed by atoms with Crippen LogP contribution in [0.4, 0.5) is 5.69 Å². The molecule has 4 amide bonds. The summed E-state index contributed by atoms with van der Waals surface area (Å²) < 4.78 is 21.0. The average molecular weight is 506 g/mol. The smallest absolute Gasteiger partial charge is 0.308 e. The van der Waals surface area contributed by atoms with Crippen molar-refractivity contribution < 1.29 is 42.9 Å². The number of hydrogen-bond donors (Lipinski definition) is 2. The van der Waals surface area contributed by atoms with Gasteiger partial charge in [-0.3, -0.25) is 34.2 Å². The highest BCUT2D eigenvalue weighted by molar-refractivity contribution is 6.25. The number of carbonyl (C=O) groups excluding carboxylic acids is 5. The zero-order valence-corrected chi connectivity index (χ0v) is 20.2. The molecule has 12 nitrogen and oxygen atoms in total. The van der Waals surface area contributed by atoms with Crippen LogP contribution in [-0.2, 0) is 33.3 Å². The third kappa shape index (κ3) is 7.09. The van der Waals surface area contributed by atoms with Crippen LogP contribution < -0.4 is 10.6 Å². The van der Waals surface area contributed by atoms with Crippen LogP contribution in [0.5, 0.6) is 0 Å². The zero-order chi connectivity index (χ0) is 25.9. The van der Waals surface area contributed by atoms with Gasteiger partial charge in [-0.15, -0.1) is 0 Å². The van der Waals surface area contributed by atoms with E-state index in [-0.39, 0.29) is 43.0 Å². The number of anilines is 1. The lowest BCUT2D eigenvalue weighted by Gasteiger charge is -2.27. The number of nitrogens with zero attached hydrogens (tertiary/aromatic N) is 1. The number of fused-ring (bicyclic) bond motifs is 1. The highest BCUT2D eigenvalue weighted by Crippen LogP contribution is 2.32. The number of imide groups is 2. The summed E-state index contributed by atoms with van der Waals surface area (Å²) in [6.45, 7) is 4.58. The molecule has 0 aliphatic carbocycles. The Balaban J connectivity index is 1.34. The van der Waals surface area contributed by atoms with Crippen LogP contribution in [0.1, 0.15) is 46.9 Å².